The summed E-state index contributed by atoms with van der Waals surface area (Å²) < 4.78 is 58.7. The van der Waals surface area contributed by atoms with Gasteiger partial charge in [-0.2, -0.15) is 4.31 Å². The number of piperidine rings is 1. The number of hydrogen-bond donors (Lipinski definition) is 1. The number of rotatable bonds is 8. The number of anilines is 1. The molecule has 1 saturated heterocycles. The van der Waals surface area contributed by atoms with Crippen LogP contribution in [0.3, 0.4) is 0 Å². The van der Waals surface area contributed by atoms with Gasteiger partial charge in [-0.05, 0) is 68.7 Å². The smallest absolute Gasteiger partial charge is 0.243 e. The first kappa shape index (κ1) is 26.1. The second-order valence-corrected chi connectivity index (χ2v) is 12.4. The van der Waals surface area contributed by atoms with Crippen LogP contribution in [0.1, 0.15) is 25.3 Å². The molecule has 0 saturated carbocycles. The van der Waals surface area contributed by atoms with Crippen molar-refractivity contribution in [3.63, 3.8) is 0 Å². The second-order valence-electron chi connectivity index (χ2n) is 8.34. The van der Waals surface area contributed by atoms with Gasteiger partial charge in [0.15, 0.2) is 0 Å². The van der Waals surface area contributed by atoms with Crippen molar-refractivity contribution in [2.75, 3.05) is 39.1 Å². The van der Waals surface area contributed by atoms with E-state index in [0.29, 0.717) is 30.9 Å². The van der Waals surface area contributed by atoms with Crippen LogP contribution in [0.4, 0.5) is 5.69 Å². The van der Waals surface area contributed by atoms with Gasteiger partial charge in [0.25, 0.3) is 0 Å². The van der Waals surface area contributed by atoms with Crippen LogP contribution in [0.5, 0.6) is 5.75 Å². The fourth-order valence-corrected chi connectivity index (χ4v) is 6.12. The van der Waals surface area contributed by atoms with E-state index in [1.165, 1.54) is 42.7 Å². The highest BCUT2D eigenvalue weighted by Gasteiger charge is 2.32. The van der Waals surface area contributed by atoms with Crippen molar-refractivity contribution < 1.29 is 26.4 Å². The minimum Gasteiger partial charge on any atom is -0.494 e. The Morgan fingerprint density at radius 1 is 1.03 bits per heavy atom. The molecule has 0 bridgehead atoms. The standard InChI is InChI=1S/C23H31N3O6S2/c1-5-32-19-7-10-20(11-8-19)34(30,31)26-14-12-18(13-15-26)23(27)24-22-16-21(9-6-17(22)2)33(28,29)25(3)4/h6-11,16,18H,5,12-15H2,1-4H3,(H,24,27). The first-order chi connectivity index (χ1) is 16.0. The summed E-state index contributed by atoms with van der Waals surface area (Å²) in [6.45, 7) is 4.59. The molecule has 186 valence electrons. The molecule has 0 unspecified atom stereocenters. The average Bonchev–Trinajstić information content (AvgIpc) is 2.81. The van der Waals surface area contributed by atoms with Crippen LogP contribution < -0.4 is 10.1 Å². The van der Waals surface area contributed by atoms with Gasteiger partial charge in [-0.1, -0.05) is 6.07 Å². The topological polar surface area (TPSA) is 113 Å². The molecule has 1 aliphatic rings. The van der Waals surface area contributed by atoms with Crippen LogP contribution in [0, 0.1) is 12.8 Å². The lowest BCUT2D eigenvalue weighted by molar-refractivity contribution is -0.120. The molecule has 0 aliphatic carbocycles. The SMILES string of the molecule is CCOc1ccc(S(=O)(=O)N2CCC(C(=O)Nc3cc(S(=O)(=O)N(C)C)ccc3C)CC2)cc1. The van der Waals surface area contributed by atoms with Crippen LogP contribution >= 0.6 is 0 Å². The van der Waals surface area contributed by atoms with E-state index in [4.69, 9.17) is 4.74 Å². The van der Waals surface area contributed by atoms with Crippen LogP contribution in [0.15, 0.2) is 52.3 Å². The number of benzene rings is 2. The van der Waals surface area contributed by atoms with Crippen LogP contribution in [0.2, 0.25) is 0 Å². The molecule has 34 heavy (non-hydrogen) atoms. The van der Waals surface area contributed by atoms with Gasteiger partial charge in [0, 0.05) is 38.8 Å². The Kier molecular flexibility index (Phi) is 8.02. The van der Waals surface area contributed by atoms with Gasteiger partial charge in [0.2, 0.25) is 26.0 Å². The van der Waals surface area contributed by atoms with E-state index in [1.807, 2.05) is 6.92 Å². The summed E-state index contributed by atoms with van der Waals surface area (Å²) in [5.41, 5.74) is 1.17. The highest BCUT2D eigenvalue weighted by Crippen LogP contribution is 2.27. The predicted octanol–water partition coefficient (Wildman–Crippen LogP) is 2.68. The van der Waals surface area contributed by atoms with Crippen LogP contribution in [0.25, 0.3) is 0 Å². The molecule has 1 amide bonds. The third kappa shape index (κ3) is 5.60. The highest BCUT2D eigenvalue weighted by atomic mass is 32.2. The van der Waals surface area contributed by atoms with Crippen molar-refractivity contribution >= 4 is 31.6 Å². The predicted molar refractivity (Wildman–Crippen MR) is 130 cm³/mol. The Balaban J connectivity index is 1.66. The van der Waals surface area contributed by atoms with Gasteiger partial charge >= 0.3 is 0 Å². The number of amides is 1. The number of carbonyl (C=O) groups excluding carboxylic acids is 1. The number of nitrogens with one attached hydrogen (secondary N) is 1. The van der Waals surface area contributed by atoms with Crippen LogP contribution in [-0.4, -0.2) is 65.1 Å². The quantitative estimate of drug-likeness (QED) is 0.585. The molecule has 2 aromatic rings. The van der Waals surface area contributed by atoms with Crippen molar-refractivity contribution in [3.8, 4) is 5.75 Å². The number of nitrogens with zero attached hydrogens (tertiary/aromatic N) is 2. The molecule has 0 spiro atoms. The zero-order valence-corrected chi connectivity index (χ0v) is 21.4. The Morgan fingerprint density at radius 2 is 1.62 bits per heavy atom. The third-order valence-corrected chi connectivity index (χ3v) is 9.57. The fourth-order valence-electron chi connectivity index (χ4n) is 3.72. The minimum absolute atomic E-state index is 0.0923. The summed E-state index contributed by atoms with van der Waals surface area (Å²) in [6, 6.07) is 10.9. The maximum absolute atomic E-state index is 13.0. The summed E-state index contributed by atoms with van der Waals surface area (Å²) in [5.74, 6) is -0.0181. The highest BCUT2D eigenvalue weighted by molar-refractivity contribution is 7.89. The van der Waals surface area contributed by atoms with Gasteiger partial charge in [-0.25, -0.2) is 21.1 Å². The summed E-state index contributed by atoms with van der Waals surface area (Å²) >= 11 is 0. The van der Waals surface area contributed by atoms with E-state index >= 15 is 0 Å². The molecule has 9 nitrogen and oxygen atoms in total. The van der Waals surface area contributed by atoms with E-state index in [0.717, 1.165) is 9.87 Å². The first-order valence-corrected chi connectivity index (χ1v) is 13.9. The summed E-state index contributed by atoms with van der Waals surface area (Å²) in [6.07, 6.45) is 0.744. The van der Waals surface area contributed by atoms with Crippen molar-refractivity contribution in [2.24, 2.45) is 5.92 Å². The lowest BCUT2D eigenvalue weighted by atomic mass is 9.97. The lowest BCUT2D eigenvalue weighted by Crippen LogP contribution is -2.41. The van der Waals surface area contributed by atoms with Crippen molar-refractivity contribution in [1.29, 1.82) is 0 Å². The van der Waals surface area contributed by atoms with E-state index in [-0.39, 0.29) is 34.7 Å². The zero-order valence-electron chi connectivity index (χ0n) is 19.8. The van der Waals surface area contributed by atoms with Crippen molar-refractivity contribution in [2.45, 2.75) is 36.5 Å². The Labute approximate surface area is 201 Å². The monoisotopic (exact) mass is 509 g/mol. The normalized spacial score (nSPS) is 15.9. The van der Waals surface area contributed by atoms with Gasteiger partial charge in [-0.15, -0.1) is 0 Å². The molecule has 1 heterocycles. The van der Waals surface area contributed by atoms with Crippen molar-refractivity contribution in [1.82, 2.24) is 8.61 Å². The van der Waals surface area contributed by atoms with Gasteiger partial charge in [0.1, 0.15) is 5.75 Å². The van der Waals surface area contributed by atoms with Gasteiger partial charge in [0.05, 0.1) is 16.4 Å². The fraction of sp³-hybridized carbons (Fsp3) is 0.435. The minimum atomic E-state index is -3.66. The number of ether oxygens (including phenoxy) is 1. The molecule has 11 heteroatoms. The molecule has 1 fully saturated rings. The molecule has 0 radical (unpaired) electrons. The van der Waals surface area contributed by atoms with Gasteiger partial charge < -0.3 is 10.1 Å². The Morgan fingerprint density at radius 3 is 2.18 bits per heavy atom. The van der Waals surface area contributed by atoms with Crippen LogP contribution in [-0.2, 0) is 24.8 Å². The van der Waals surface area contributed by atoms with E-state index < -0.39 is 20.0 Å². The number of carbonyl (C=O) groups is 1. The molecule has 3 rings (SSSR count). The Bertz CT molecular complexity index is 1230. The number of aryl methyl sites for hydroxylation is 1. The second kappa shape index (κ2) is 10.4. The molecule has 0 aromatic heterocycles. The Hall–Kier alpha value is -2.47. The summed E-state index contributed by atoms with van der Waals surface area (Å²) in [4.78, 5) is 13.2. The molecule has 1 aliphatic heterocycles. The largest absolute Gasteiger partial charge is 0.494 e. The van der Waals surface area contributed by atoms with Crippen molar-refractivity contribution in [3.05, 3.63) is 48.0 Å². The molecule has 1 N–H and O–H groups in total. The zero-order chi connectivity index (χ0) is 25.1. The molecule has 0 atom stereocenters. The summed E-state index contributed by atoms with van der Waals surface area (Å²) in [5, 5.41) is 2.83. The average molecular weight is 510 g/mol. The third-order valence-electron chi connectivity index (χ3n) is 5.84. The maximum Gasteiger partial charge on any atom is 0.243 e. The number of sulfonamides is 2. The summed E-state index contributed by atoms with van der Waals surface area (Å²) in [7, 11) is -4.40. The molecule has 2 aromatic carbocycles. The lowest BCUT2D eigenvalue weighted by Gasteiger charge is -2.30. The van der Waals surface area contributed by atoms with E-state index in [9.17, 15) is 21.6 Å². The molecular weight excluding hydrogens is 478 g/mol. The van der Waals surface area contributed by atoms with Gasteiger partial charge in [-0.3, -0.25) is 4.79 Å². The molecular formula is C23H31N3O6S2. The number of hydrogen-bond acceptors (Lipinski definition) is 6. The first-order valence-electron chi connectivity index (χ1n) is 11.0. The maximum atomic E-state index is 13.0. The van der Waals surface area contributed by atoms with E-state index in [1.54, 1.807) is 25.1 Å². The van der Waals surface area contributed by atoms with E-state index in [2.05, 4.69) is 5.32 Å².